The monoisotopic (exact) mass is 456 g/mol. The minimum atomic E-state index is -2.33. The quantitative estimate of drug-likeness (QED) is 0.161. The van der Waals surface area contributed by atoms with Gasteiger partial charge in [-0.25, -0.2) is 0 Å². The molecule has 0 spiro atoms. The van der Waals surface area contributed by atoms with Crippen molar-refractivity contribution in [2.75, 3.05) is 0 Å². The molecule has 4 heteroatoms. The third-order valence-electron chi connectivity index (χ3n) is 6.66. The summed E-state index contributed by atoms with van der Waals surface area (Å²) in [6.07, 6.45) is 17.1. The molecule has 0 saturated carbocycles. The van der Waals surface area contributed by atoms with Crippen LogP contribution in [0.3, 0.4) is 0 Å². The molecule has 0 radical (unpaired) electrons. The number of unbranched alkanes of at least 4 members (excludes halogenated alkanes) is 3. The van der Waals surface area contributed by atoms with E-state index in [9.17, 15) is 0 Å². The summed E-state index contributed by atoms with van der Waals surface area (Å²) in [6.45, 7) is 20.5. The average molecular weight is 457 g/mol. The van der Waals surface area contributed by atoms with Crippen LogP contribution < -0.4 is 0 Å². The van der Waals surface area contributed by atoms with Crippen molar-refractivity contribution in [3.05, 3.63) is 0 Å². The lowest BCUT2D eigenvalue weighted by atomic mass is 9.94. The fraction of sp³-hybridized carbons (Fsp3) is 1.00. The van der Waals surface area contributed by atoms with Gasteiger partial charge in [-0.3, -0.25) is 0 Å². The fourth-order valence-electron chi connectivity index (χ4n) is 4.74. The molecule has 3 unspecified atom stereocenters. The van der Waals surface area contributed by atoms with Gasteiger partial charge in [0, 0.05) is 16.8 Å². The summed E-state index contributed by atoms with van der Waals surface area (Å²) in [5, 5.41) is 0. The first-order valence-electron chi connectivity index (χ1n) is 13.7. The second-order valence-corrected chi connectivity index (χ2v) is 11.8. The normalized spacial score (nSPS) is 17.7. The number of hydrogen-bond acceptors (Lipinski definition) is 3. The predicted octanol–water partition coefficient (Wildman–Crippen LogP) is 9.27. The molecule has 3 atom stereocenters. The Morgan fingerprint density at radius 1 is 0.419 bits per heavy atom. The lowest BCUT2D eigenvalue weighted by Gasteiger charge is -2.41. The summed E-state index contributed by atoms with van der Waals surface area (Å²) >= 11 is -2.33. The van der Waals surface area contributed by atoms with Gasteiger partial charge in [-0.15, -0.1) is 0 Å². The Morgan fingerprint density at radius 3 is 0.871 bits per heavy atom. The maximum atomic E-state index is 6.92. The van der Waals surface area contributed by atoms with Crippen LogP contribution in [0.1, 0.15) is 159 Å². The van der Waals surface area contributed by atoms with Crippen molar-refractivity contribution in [3.8, 4) is 0 Å². The van der Waals surface area contributed by atoms with E-state index in [1.807, 2.05) is 0 Å². The van der Waals surface area contributed by atoms with Gasteiger partial charge >= 0.3 is 15.1 Å². The van der Waals surface area contributed by atoms with Crippen molar-refractivity contribution in [3.63, 3.8) is 0 Å². The van der Waals surface area contributed by atoms with E-state index in [-0.39, 0.29) is 16.8 Å². The van der Waals surface area contributed by atoms with Crippen LogP contribution >= 0.6 is 0 Å². The molecule has 0 bridgehead atoms. The fourth-order valence-corrected chi connectivity index (χ4v) is 6.98. The lowest BCUT2D eigenvalue weighted by molar-refractivity contribution is -0.0911. The molecule has 3 nitrogen and oxygen atoms in total. The first-order valence-corrected chi connectivity index (χ1v) is 15.1. The van der Waals surface area contributed by atoms with E-state index in [1.54, 1.807) is 0 Å². The maximum absolute atomic E-state index is 6.92. The molecule has 0 aliphatic carbocycles. The molecule has 0 saturated heterocycles. The molecule has 0 aliphatic heterocycles. The summed E-state index contributed by atoms with van der Waals surface area (Å²) in [7, 11) is 0. The predicted molar refractivity (Wildman–Crippen MR) is 138 cm³/mol. The van der Waals surface area contributed by atoms with E-state index < -0.39 is 15.1 Å². The summed E-state index contributed by atoms with van der Waals surface area (Å²) in [5.41, 5.74) is -0.424. The smallest absolute Gasteiger partial charge is 0.449 e. The zero-order valence-electron chi connectivity index (χ0n) is 22.9. The van der Waals surface area contributed by atoms with Crippen molar-refractivity contribution in [2.24, 2.45) is 0 Å². The third kappa shape index (κ3) is 13.6. The van der Waals surface area contributed by atoms with Gasteiger partial charge < -0.3 is 11.4 Å². The minimum absolute atomic E-state index is 0.141. The highest BCUT2D eigenvalue weighted by molar-refractivity contribution is 6.36. The molecule has 0 aromatic carbocycles. The van der Waals surface area contributed by atoms with Gasteiger partial charge in [0.05, 0.1) is 0 Å². The Hall–Kier alpha value is 0.412. The van der Waals surface area contributed by atoms with E-state index >= 15 is 0 Å². The van der Waals surface area contributed by atoms with Crippen LogP contribution in [0.4, 0.5) is 0 Å². The van der Waals surface area contributed by atoms with Crippen LogP contribution in [0, 0.1) is 0 Å². The highest BCUT2D eigenvalue weighted by Gasteiger charge is 2.47. The van der Waals surface area contributed by atoms with Gasteiger partial charge in [0.15, 0.2) is 0 Å². The van der Waals surface area contributed by atoms with E-state index in [2.05, 4.69) is 62.3 Å². The van der Waals surface area contributed by atoms with Gasteiger partial charge in [-0.1, -0.05) is 99.3 Å². The summed E-state index contributed by atoms with van der Waals surface area (Å²) in [6, 6.07) is 0. The second-order valence-electron chi connectivity index (χ2n) is 10.6. The Morgan fingerprint density at radius 2 is 0.677 bits per heavy atom. The standard InChI is InChI=1S/3C9H19O.Al/c3*1-4-6-8-9(3,10)7-5-2;/h3*4-8H2,1-3H3;/q3*-1;+3. The summed E-state index contributed by atoms with van der Waals surface area (Å²) in [5.74, 6) is 0. The van der Waals surface area contributed by atoms with Crippen molar-refractivity contribution in [1.82, 2.24) is 0 Å². The SMILES string of the molecule is CCCCC(C)(CCC)[O][Al]([O]C(C)(CCC)CCCC)[O]C(C)(CCC)CCCC. The zero-order chi connectivity index (χ0) is 23.8. The summed E-state index contributed by atoms with van der Waals surface area (Å²) in [4.78, 5) is 0. The number of hydrogen-bond donors (Lipinski definition) is 0. The molecule has 0 aliphatic rings. The van der Waals surface area contributed by atoms with E-state index in [4.69, 9.17) is 11.4 Å². The van der Waals surface area contributed by atoms with Gasteiger partial charge in [0.25, 0.3) is 0 Å². The third-order valence-corrected chi connectivity index (χ3v) is 8.94. The van der Waals surface area contributed by atoms with Crippen LogP contribution in [-0.4, -0.2) is 32.0 Å². The molecular weight excluding hydrogens is 399 g/mol. The molecule has 0 amide bonds. The maximum Gasteiger partial charge on any atom is 0.906 e. The Bertz CT molecular complexity index is 371. The molecule has 31 heavy (non-hydrogen) atoms. The van der Waals surface area contributed by atoms with Gasteiger partial charge in [0.2, 0.25) is 0 Å². The molecular formula is C27H57AlO3. The van der Waals surface area contributed by atoms with Crippen molar-refractivity contribution < 1.29 is 11.4 Å². The van der Waals surface area contributed by atoms with Crippen LogP contribution in [-0.2, 0) is 11.4 Å². The van der Waals surface area contributed by atoms with Gasteiger partial charge in [0.1, 0.15) is 0 Å². The van der Waals surface area contributed by atoms with E-state index in [0.717, 1.165) is 57.8 Å². The largest absolute Gasteiger partial charge is 0.906 e. The molecule has 0 aromatic heterocycles. The number of rotatable bonds is 21. The van der Waals surface area contributed by atoms with Crippen LogP contribution in [0.25, 0.3) is 0 Å². The molecule has 0 aromatic rings. The van der Waals surface area contributed by atoms with E-state index in [1.165, 1.54) is 38.5 Å². The molecule has 0 heterocycles. The molecule has 0 rings (SSSR count). The Labute approximate surface area is 201 Å². The topological polar surface area (TPSA) is 27.7 Å². The van der Waals surface area contributed by atoms with Crippen molar-refractivity contribution >= 4 is 15.1 Å². The second kappa shape index (κ2) is 16.9. The highest BCUT2D eigenvalue weighted by Crippen LogP contribution is 2.34. The minimum Gasteiger partial charge on any atom is -0.449 e. The zero-order valence-corrected chi connectivity index (χ0v) is 24.1. The van der Waals surface area contributed by atoms with Crippen LogP contribution in [0.2, 0.25) is 0 Å². The lowest BCUT2D eigenvalue weighted by Crippen LogP contribution is -2.49. The van der Waals surface area contributed by atoms with Crippen molar-refractivity contribution in [1.29, 1.82) is 0 Å². The molecule has 186 valence electrons. The van der Waals surface area contributed by atoms with Crippen molar-refractivity contribution in [2.45, 2.75) is 175 Å². The first-order chi connectivity index (χ1) is 14.6. The Kier molecular flexibility index (Phi) is 17.2. The van der Waals surface area contributed by atoms with Crippen LogP contribution in [0.5, 0.6) is 0 Å². The average Bonchev–Trinajstić information content (AvgIpc) is 2.69. The summed E-state index contributed by atoms with van der Waals surface area (Å²) < 4.78 is 20.8. The van der Waals surface area contributed by atoms with Gasteiger partial charge in [-0.2, -0.15) is 0 Å². The van der Waals surface area contributed by atoms with Gasteiger partial charge in [-0.05, 0) is 59.3 Å². The first kappa shape index (κ1) is 31.4. The Balaban J connectivity index is 5.78. The van der Waals surface area contributed by atoms with E-state index in [0.29, 0.717) is 0 Å². The highest BCUT2D eigenvalue weighted by atomic mass is 27.3. The molecule has 0 N–H and O–H groups in total. The van der Waals surface area contributed by atoms with Crippen LogP contribution in [0.15, 0.2) is 0 Å². The molecule has 0 fully saturated rings.